The molecule has 0 saturated heterocycles. The van der Waals surface area contributed by atoms with Gasteiger partial charge in [0.05, 0.1) is 44.9 Å². The van der Waals surface area contributed by atoms with E-state index in [0.29, 0.717) is 35.1 Å². The first kappa shape index (κ1) is 28.8. The van der Waals surface area contributed by atoms with Gasteiger partial charge in [-0.1, -0.05) is 53.4 Å². The van der Waals surface area contributed by atoms with Crippen LogP contribution in [0, 0.1) is 0 Å². The summed E-state index contributed by atoms with van der Waals surface area (Å²) in [6.45, 7) is 2.36. The van der Waals surface area contributed by atoms with Crippen molar-refractivity contribution in [3.8, 4) is 17.2 Å². The van der Waals surface area contributed by atoms with E-state index >= 15 is 0 Å². The molecule has 7 nitrogen and oxygen atoms in total. The van der Waals surface area contributed by atoms with E-state index in [-0.39, 0.29) is 12.5 Å². The highest BCUT2D eigenvalue weighted by Gasteiger charge is 2.26. The van der Waals surface area contributed by atoms with Gasteiger partial charge in [0.1, 0.15) is 16.4 Å². The zero-order valence-electron chi connectivity index (χ0n) is 22.7. The highest BCUT2D eigenvalue weighted by Crippen LogP contribution is 2.42. The summed E-state index contributed by atoms with van der Waals surface area (Å²) in [5, 5.41) is 0.319. The number of fused-ring (bicyclic) bond motifs is 1. The second-order valence-electron chi connectivity index (χ2n) is 9.14. The quantitative estimate of drug-likeness (QED) is 0.155. The third-order valence-corrected chi connectivity index (χ3v) is 7.53. The lowest BCUT2D eigenvalue weighted by Crippen LogP contribution is -2.31. The molecule has 206 valence electrons. The van der Waals surface area contributed by atoms with Gasteiger partial charge in [-0.2, -0.15) is 0 Å². The molecular formula is C30H33BrClN3O4. The minimum Gasteiger partial charge on any atom is -0.496 e. The third kappa shape index (κ3) is 6.34. The van der Waals surface area contributed by atoms with E-state index in [9.17, 15) is 4.79 Å². The largest absolute Gasteiger partial charge is 0.496 e. The Morgan fingerprint density at radius 3 is 2.51 bits per heavy atom. The van der Waals surface area contributed by atoms with Crippen LogP contribution in [0.5, 0.6) is 17.2 Å². The summed E-state index contributed by atoms with van der Waals surface area (Å²) in [7, 11) is 4.76. The summed E-state index contributed by atoms with van der Waals surface area (Å²) in [5.41, 5.74) is 4.10. The number of rotatable bonds is 12. The number of methoxy groups -OCH3 is 3. The standard InChI is InChI=1S/C30H33BrClN3O4/c1-5-6-7-11-28(36)35(23-13-15-26(38-3)30(39-4)29(23)32)19-22-24(34-16-9-8-10-27(34)33-22)18-20-17-21(31)12-14-25(20)37-2/h8-10,12-17H,5-7,11,18-19H2,1-4H3. The van der Waals surface area contributed by atoms with Crippen molar-refractivity contribution in [1.29, 1.82) is 0 Å². The van der Waals surface area contributed by atoms with Gasteiger partial charge in [0.25, 0.3) is 0 Å². The molecule has 0 aliphatic rings. The van der Waals surface area contributed by atoms with Crippen molar-refractivity contribution in [3.05, 3.63) is 81.2 Å². The maximum atomic E-state index is 13.7. The summed E-state index contributed by atoms with van der Waals surface area (Å²) in [5.74, 6) is 1.64. The molecule has 39 heavy (non-hydrogen) atoms. The Balaban J connectivity index is 1.82. The number of amides is 1. The molecule has 0 fully saturated rings. The average Bonchev–Trinajstić information content (AvgIpc) is 3.28. The van der Waals surface area contributed by atoms with E-state index in [1.807, 2.05) is 42.6 Å². The number of imidazole rings is 1. The number of unbranched alkanes of at least 4 members (excludes halogenated alkanes) is 2. The molecule has 0 unspecified atom stereocenters. The van der Waals surface area contributed by atoms with E-state index in [2.05, 4.69) is 27.3 Å². The number of halogens is 2. The van der Waals surface area contributed by atoms with Gasteiger partial charge in [0.2, 0.25) is 5.91 Å². The van der Waals surface area contributed by atoms with Crippen LogP contribution in [0.15, 0.2) is 59.2 Å². The van der Waals surface area contributed by atoms with Gasteiger partial charge >= 0.3 is 0 Å². The molecule has 2 heterocycles. The molecule has 2 aromatic carbocycles. The molecule has 4 rings (SSSR count). The number of pyridine rings is 1. The van der Waals surface area contributed by atoms with Gasteiger partial charge < -0.3 is 23.5 Å². The number of carbonyl (C=O) groups is 1. The van der Waals surface area contributed by atoms with E-state index in [1.54, 1.807) is 31.3 Å². The highest BCUT2D eigenvalue weighted by atomic mass is 79.9. The molecule has 0 N–H and O–H groups in total. The topological polar surface area (TPSA) is 65.3 Å². The molecule has 2 aromatic heterocycles. The smallest absolute Gasteiger partial charge is 0.227 e. The van der Waals surface area contributed by atoms with Crippen molar-refractivity contribution in [2.24, 2.45) is 0 Å². The molecule has 9 heteroatoms. The van der Waals surface area contributed by atoms with Crippen LogP contribution >= 0.6 is 27.5 Å². The van der Waals surface area contributed by atoms with Crippen molar-refractivity contribution in [2.75, 3.05) is 26.2 Å². The van der Waals surface area contributed by atoms with Gasteiger partial charge in [-0.05, 0) is 48.9 Å². The van der Waals surface area contributed by atoms with Crippen LogP contribution in [-0.2, 0) is 17.8 Å². The predicted octanol–water partition coefficient (Wildman–Crippen LogP) is 7.48. The van der Waals surface area contributed by atoms with Gasteiger partial charge in [-0.15, -0.1) is 0 Å². The molecule has 0 atom stereocenters. The maximum absolute atomic E-state index is 13.7. The van der Waals surface area contributed by atoms with E-state index < -0.39 is 0 Å². The minimum atomic E-state index is -0.0272. The number of benzene rings is 2. The normalized spacial score (nSPS) is 11.0. The second-order valence-corrected chi connectivity index (χ2v) is 10.4. The molecular weight excluding hydrogens is 582 g/mol. The average molecular weight is 615 g/mol. The van der Waals surface area contributed by atoms with Crippen LogP contribution in [0.3, 0.4) is 0 Å². The fourth-order valence-electron chi connectivity index (χ4n) is 4.68. The zero-order chi connectivity index (χ0) is 27.9. The highest BCUT2D eigenvalue weighted by molar-refractivity contribution is 9.10. The number of aromatic nitrogens is 2. The Labute approximate surface area is 242 Å². The molecule has 0 radical (unpaired) electrons. The van der Waals surface area contributed by atoms with Gasteiger partial charge in [-0.25, -0.2) is 4.98 Å². The fraction of sp³-hybridized carbons (Fsp3) is 0.333. The van der Waals surface area contributed by atoms with Crippen molar-refractivity contribution < 1.29 is 19.0 Å². The van der Waals surface area contributed by atoms with Crippen LogP contribution in [-0.4, -0.2) is 36.6 Å². The van der Waals surface area contributed by atoms with Gasteiger partial charge in [-0.3, -0.25) is 4.79 Å². The van der Waals surface area contributed by atoms with Crippen molar-refractivity contribution in [2.45, 2.75) is 45.6 Å². The lowest BCUT2D eigenvalue weighted by molar-refractivity contribution is -0.118. The van der Waals surface area contributed by atoms with Crippen LogP contribution < -0.4 is 19.1 Å². The van der Waals surface area contributed by atoms with E-state index in [4.69, 9.17) is 30.8 Å². The Morgan fingerprint density at radius 2 is 1.79 bits per heavy atom. The number of anilines is 1. The summed E-state index contributed by atoms with van der Waals surface area (Å²) in [6, 6.07) is 15.4. The Hall–Kier alpha value is -3.23. The zero-order valence-corrected chi connectivity index (χ0v) is 25.0. The Kier molecular flexibility index (Phi) is 9.75. The first-order chi connectivity index (χ1) is 18.9. The van der Waals surface area contributed by atoms with Crippen LogP contribution in [0.1, 0.15) is 49.6 Å². The molecule has 1 amide bonds. The number of ether oxygens (including phenoxy) is 3. The lowest BCUT2D eigenvalue weighted by Gasteiger charge is -2.25. The molecule has 0 aliphatic heterocycles. The fourth-order valence-corrected chi connectivity index (χ4v) is 5.42. The Morgan fingerprint density at radius 1 is 1.03 bits per heavy atom. The molecule has 0 saturated carbocycles. The maximum Gasteiger partial charge on any atom is 0.227 e. The number of nitrogens with zero attached hydrogens (tertiary/aromatic N) is 3. The molecule has 0 bridgehead atoms. The minimum absolute atomic E-state index is 0.0272. The number of hydrogen-bond acceptors (Lipinski definition) is 5. The Bertz CT molecular complexity index is 1460. The lowest BCUT2D eigenvalue weighted by atomic mass is 10.1. The van der Waals surface area contributed by atoms with Crippen molar-refractivity contribution in [3.63, 3.8) is 0 Å². The third-order valence-electron chi connectivity index (χ3n) is 6.67. The monoisotopic (exact) mass is 613 g/mol. The number of hydrogen-bond donors (Lipinski definition) is 0. The molecule has 0 spiro atoms. The van der Waals surface area contributed by atoms with Crippen LogP contribution in [0.25, 0.3) is 5.65 Å². The summed E-state index contributed by atoms with van der Waals surface area (Å²) < 4.78 is 19.6. The van der Waals surface area contributed by atoms with Gasteiger partial charge in [0, 0.05) is 29.1 Å². The summed E-state index contributed by atoms with van der Waals surface area (Å²) in [6.07, 6.45) is 5.74. The van der Waals surface area contributed by atoms with Gasteiger partial charge in [0.15, 0.2) is 11.5 Å². The first-order valence-electron chi connectivity index (χ1n) is 12.9. The van der Waals surface area contributed by atoms with E-state index in [0.717, 1.165) is 52.1 Å². The second kappa shape index (κ2) is 13.2. The molecule has 0 aliphatic carbocycles. The van der Waals surface area contributed by atoms with Crippen molar-refractivity contribution in [1.82, 2.24) is 9.38 Å². The number of carbonyl (C=O) groups excluding carboxylic acids is 1. The predicted molar refractivity (Wildman–Crippen MR) is 159 cm³/mol. The van der Waals surface area contributed by atoms with Crippen molar-refractivity contribution >= 4 is 44.8 Å². The first-order valence-corrected chi connectivity index (χ1v) is 14.1. The summed E-state index contributed by atoms with van der Waals surface area (Å²) >= 11 is 10.4. The molecule has 4 aromatic rings. The van der Waals surface area contributed by atoms with Crippen LogP contribution in [0.2, 0.25) is 5.02 Å². The SMILES string of the molecule is CCCCCC(=O)N(Cc1nc2ccccn2c1Cc1cc(Br)ccc1OC)c1ccc(OC)c(OC)c1Cl. The van der Waals surface area contributed by atoms with Crippen LogP contribution in [0.4, 0.5) is 5.69 Å². The van der Waals surface area contributed by atoms with E-state index in [1.165, 1.54) is 7.11 Å². The summed E-state index contributed by atoms with van der Waals surface area (Å²) in [4.78, 5) is 20.4.